The molecule has 7 heteroatoms. The zero-order valence-corrected chi connectivity index (χ0v) is 18.3. The first kappa shape index (κ1) is 20.8. The number of aryl methyl sites for hydroxylation is 1. The maximum Gasteiger partial charge on any atom is 0.334 e. The van der Waals surface area contributed by atoms with Crippen molar-refractivity contribution in [3.63, 3.8) is 0 Å². The highest BCUT2D eigenvalue weighted by atomic mass is 16.5. The third-order valence-corrected chi connectivity index (χ3v) is 6.05. The molecule has 0 radical (unpaired) electrons. The molecule has 1 amide bonds. The number of likely N-dealkylation sites (tertiary alicyclic amines) is 1. The molecule has 166 valence electrons. The number of nitrogens with zero attached hydrogens (tertiary/aromatic N) is 4. The lowest BCUT2D eigenvalue weighted by molar-refractivity contribution is -0.125. The van der Waals surface area contributed by atoms with Crippen LogP contribution >= 0.6 is 0 Å². The Hall–Kier alpha value is -4.13. The number of carbonyl (C=O) groups excluding carboxylic acids is 1. The van der Waals surface area contributed by atoms with E-state index in [1.807, 2.05) is 66.1 Å². The minimum absolute atomic E-state index is 0.105. The van der Waals surface area contributed by atoms with Gasteiger partial charge in [0.05, 0.1) is 29.0 Å². The van der Waals surface area contributed by atoms with Crippen molar-refractivity contribution < 1.29 is 9.53 Å². The van der Waals surface area contributed by atoms with Gasteiger partial charge >= 0.3 is 5.69 Å². The van der Waals surface area contributed by atoms with E-state index in [1.54, 1.807) is 21.9 Å². The quantitative estimate of drug-likeness (QED) is 0.435. The van der Waals surface area contributed by atoms with Gasteiger partial charge in [0.2, 0.25) is 5.91 Å². The van der Waals surface area contributed by atoms with Gasteiger partial charge in [0.15, 0.2) is 0 Å². The van der Waals surface area contributed by atoms with Crippen LogP contribution in [0.25, 0.3) is 16.7 Å². The molecule has 1 saturated heterocycles. The van der Waals surface area contributed by atoms with Crippen molar-refractivity contribution in [3.05, 3.63) is 95.7 Å². The number of fused-ring (bicyclic) bond motifs is 1. The van der Waals surface area contributed by atoms with Gasteiger partial charge in [-0.1, -0.05) is 24.8 Å². The van der Waals surface area contributed by atoms with E-state index in [9.17, 15) is 9.59 Å². The first-order valence-electron chi connectivity index (χ1n) is 10.9. The first-order chi connectivity index (χ1) is 16.1. The predicted octanol–water partition coefficient (Wildman–Crippen LogP) is 4.25. The molecule has 4 aromatic rings. The molecule has 1 aliphatic rings. The minimum atomic E-state index is -0.143. The maximum atomic E-state index is 13.7. The molecule has 0 unspecified atom stereocenters. The molecule has 2 aromatic heterocycles. The topological polar surface area (TPSA) is 69.4 Å². The normalized spacial score (nSPS) is 15.7. The van der Waals surface area contributed by atoms with E-state index in [0.717, 1.165) is 28.0 Å². The molecular weight excluding hydrogens is 416 g/mol. The summed E-state index contributed by atoms with van der Waals surface area (Å²) in [5, 5.41) is 0. The Morgan fingerprint density at radius 2 is 1.82 bits per heavy atom. The van der Waals surface area contributed by atoms with Crippen molar-refractivity contribution >= 4 is 16.9 Å². The van der Waals surface area contributed by atoms with Crippen LogP contribution in [0.15, 0.2) is 84.4 Å². The maximum absolute atomic E-state index is 13.7. The number of amides is 1. The van der Waals surface area contributed by atoms with E-state index in [2.05, 4.69) is 11.6 Å². The zero-order valence-electron chi connectivity index (χ0n) is 18.3. The fraction of sp³-hybridized carbons (Fsp3) is 0.192. The highest BCUT2D eigenvalue weighted by Crippen LogP contribution is 2.29. The van der Waals surface area contributed by atoms with Crippen molar-refractivity contribution in [2.24, 2.45) is 0 Å². The lowest BCUT2D eigenvalue weighted by atomic mass is 10.2. The molecule has 0 spiro atoms. The van der Waals surface area contributed by atoms with Crippen LogP contribution in [0.4, 0.5) is 0 Å². The van der Waals surface area contributed by atoms with Crippen LogP contribution in [-0.4, -0.2) is 38.0 Å². The fourth-order valence-corrected chi connectivity index (χ4v) is 4.49. The van der Waals surface area contributed by atoms with Crippen molar-refractivity contribution in [3.8, 4) is 17.2 Å². The van der Waals surface area contributed by atoms with Gasteiger partial charge in [-0.15, -0.1) is 0 Å². The standard InChI is InChI=1S/C26H24N4O3/c1-3-24(31)28-14-13-20(17-28)30-25-18(2)15-27-16-23(25)29(26(30)32)19-9-11-22(12-10-19)33-21-7-5-4-6-8-21/h3-12,15-16,20H,1,13-14,17H2,2H3/t20-/m1/s1. The summed E-state index contributed by atoms with van der Waals surface area (Å²) in [5.74, 6) is 1.32. The molecule has 3 heterocycles. The zero-order chi connectivity index (χ0) is 22.9. The molecule has 0 saturated carbocycles. The van der Waals surface area contributed by atoms with Gasteiger partial charge in [0, 0.05) is 19.3 Å². The van der Waals surface area contributed by atoms with Crippen molar-refractivity contribution in [2.75, 3.05) is 13.1 Å². The summed E-state index contributed by atoms with van der Waals surface area (Å²) < 4.78 is 9.38. The Morgan fingerprint density at radius 3 is 2.55 bits per heavy atom. The first-order valence-corrected chi connectivity index (χ1v) is 10.9. The summed E-state index contributed by atoms with van der Waals surface area (Å²) in [7, 11) is 0. The molecular formula is C26H24N4O3. The van der Waals surface area contributed by atoms with Crippen LogP contribution in [0.2, 0.25) is 0 Å². The van der Waals surface area contributed by atoms with E-state index in [0.29, 0.717) is 25.3 Å². The monoisotopic (exact) mass is 440 g/mol. The van der Waals surface area contributed by atoms with Crippen LogP contribution < -0.4 is 10.4 Å². The number of para-hydroxylation sites is 1. The summed E-state index contributed by atoms with van der Waals surface area (Å²) in [5.41, 5.74) is 3.09. The smallest absolute Gasteiger partial charge is 0.334 e. The van der Waals surface area contributed by atoms with E-state index in [-0.39, 0.29) is 17.6 Å². The molecule has 7 nitrogen and oxygen atoms in total. The van der Waals surface area contributed by atoms with Crippen LogP contribution in [0.1, 0.15) is 18.0 Å². The second kappa shape index (κ2) is 8.43. The lowest BCUT2D eigenvalue weighted by Gasteiger charge is -2.15. The summed E-state index contributed by atoms with van der Waals surface area (Å²) in [6.07, 6.45) is 5.52. The van der Waals surface area contributed by atoms with E-state index in [4.69, 9.17) is 4.74 Å². The Balaban J connectivity index is 1.55. The van der Waals surface area contributed by atoms with E-state index >= 15 is 0 Å². The minimum Gasteiger partial charge on any atom is -0.457 e. The largest absolute Gasteiger partial charge is 0.457 e. The summed E-state index contributed by atoms with van der Waals surface area (Å²) in [4.78, 5) is 31.9. The number of pyridine rings is 1. The van der Waals surface area contributed by atoms with Crippen LogP contribution in [0.3, 0.4) is 0 Å². The third-order valence-electron chi connectivity index (χ3n) is 6.05. The van der Waals surface area contributed by atoms with E-state index in [1.165, 1.54) is 6.08 Å². The Bertz CT molecular complexity index is 1390. The van der Waals surface area contributed by atoms with Gasteiger partial charge in [-0.05, 0) is 61.4 Å². The second-order valence-electron chi connectivity index (χ2n) is 8.15. The summed E-state index contributed by atoms with van der Waals surface area (Å²) in [6, 6.07) is 16.9. The van der Waals surface area contributed by atoms with Crippen LogP contribution in [-0.2, 0) is 4.79 Å². The third kappa shape index (κ3) is 3.71. The molecule has 0 bridgehead atoms. The number of imidazole rings is 1. The summed E-state index contributed by atoms with van der Waals surface area (Å²) in [6.45, 7) is 6.61. The Labute approximate surface area is 191 Å². The number of rotatable bonds is 5. The van der Waals surface area contributed by atoms with Gasteiger partial charge in [-0.2, -0.15) is 0 Å². The Kier molecular flexibility index (Phi) is 5.30. The van der Waals surface area contributed by atoms with Gasteiger partial charge in [0.1, 0.15) is 11.5 Å². The Morgan fingerprint density at radius 1 is 1.09 bits per heavy atom. The van der Waals surface area contributed by atoms with Crippen LogP contribution in [0, 0.1) is 6.92 Å². The number of hydrogen-bond donors (Lipinski definition) is 0. The van der Waals surface area contributed by atoms with Crippen molar-refractivity contribution in [1.82, 2.24) is 19.0 Å². The van der Waals surface area contributed by atoms with Gasteiger partial charge < -0.3 is 9.64 Å². The molecule has 1 atom stereocenters. The fourth-order valence-electron chi connectivity index (χ4n) is 4.49. The SMILES string of the molecule is C=CC(=O)N1CC[C@@H](n2c(=O)n(-c3ccc(Oc4ccccc4)cc3)c3cncc(C)c32)C1. The average Bonchev–Trinajstić information content (AvgIpc) is 3.43. The molecule has 33 heavy (non-hydrogen) atoms. The van der Waals surface area contributed by atoms with Gasteiger partial charge in [-0.3, -0.25) is 18.9 Å². The number of benzene rings is 2. The highest BCUT2D eigenvalue weighted by molar-refractivity contribution is 5.87. The van der Waals surface area contributed by atoms with Crippen LogP contribution in [0.5, 0.6) is 11.5 Å². The van der Waals surface area contributed by atoms with E-state index < -0.39 is 0 Å². The van der Waals surface area contributed by atoms with Gasteiger partial charge in [0.25, 0.3) is 0 Å². The molecule has 0 aliphatic carbocycles. The molecule has 1 fully saturated rings. The number of ether oxygens (including phenoxy) is 1. The number of aromatic nitrogens is 3. The number of carbonyl (C=O) groups is 1. The predicted molar refractivity (Wildman–Crippen MR) is 127 cm³/mol. The molecule has 1 aliphatic heterocycles. The average molecular weight is 441 g/mol. The van der Waals surface area contributed by atoms with Gasteiger partial charge in [-0.25, -0.2) is 4.79 Å². The molecule has 0 N–H and O–H groups in total. The number of hydrogen-bond acceptors (Lipinski definition) is 4. The molecule has 5 rings (SSSR count). The lowest BCUT2D eigenvalue weighted by Crippen LogP contribution is -2.31. The molecule has 2 aromatic carbocycles. The van der Waals surface area contributed by atoms with Crippen molar-refractivity contribution in [1.29, 1.82) is 0 Å². The highest BCUT2D eigenvalue weighted by Gasteiger charge is 2.30. The summed E-state index contributed by atoms with van der Waals surface area (Å²) >= 11 is 0. The van der Waals surface area contributed by atoms with Crippen molar-refractivity contribution in [2.45, 2.75) is 19.4 Å². The second-order valence-corrected chi connectivity index (χ2v) is 8.15.